The third kappa shape index (κ3) is 3.90. The average molecular weight is 329 g/mol. The average Bonchev–Trinajstić information content (AvgIpc) is 3.09. The second-order valence-electron chi connectivity index (χ2n) is 5.58. The Labute approximate surface area is 140 Å². The topological polar surface area (TPSA) is 58.8 Å². The zero-order chi connectivity index (χ0) is 16.2. The molecule has 1 heterocycles. The number of furan rings is 1. The number of thiocarbonyl (C=S) groups is 1. The van der Waals surface area contributed by atoms with Crippen molar-refractivity contribution in [3.05, 3.63) is 47.9 Å². The van der Waals surface area contributed by atoms with Crippen LogP contribution < -0.4 is 15.5 Å². The van der Waals surface area contributed by atoms with Crippen LogP contribution in [-0.4, -0.2) is 18.4 Å². The number of hydrazone groups is 1. The molecule has 120 valence electrons. The van der Waals surface area contributed by atoms with Gasteiger partial charge < -0.3 is 14.5 Å². The lowest BCUT2D eigenvalue weighted by atomic mass is 10.3. The maximum Gasteiger partial charge on any atom is 0.191 e. The number of hydrogen-bond donors (Lipinski definition) is 2. The normalized spacial score (nSPS) is 19.6. The summed E-state index contributed by atoms with van der Waals surface area (Å²) in [5.74, 6) is 3.76. The number of rotatable bonds is 5. The number of ether oxygens (including phenoxy) is 1. The van der Waals surface area contributed by atoms with Gasteiger partial charge in [0.2, 0.25) is 0 Å². The number of anilines is 1. The first-order valence-corrected chi connectivity index (χ1v) is 7.91. The van der Waals surface area contributed by atoms with Crippen molar-refractivity contribution in [2.45, 2.75) is 19.3 Å². The minimum absolute atomic E-state index is 0.383. The summed E-state index contributed by atoms with van der Waals surface area (Å²) in [5.41, 5.74) is 3.55. The highest BCUT2D eigenvalue weighted by molar-refractivity contribution is 7.80. The highest BCUT2D eigenvalue weighted by Gasteiger charge is 2.36. The van der Waals surface area contributed by atoms with E-state index in [9.17, 15) is 0 Å². The van der Waals surface area contributed by atoms with Crippen LogP contribution in [0.2, 0.25) is 0 Å². The molecule has 1 aromatic carbocycles. The summed E-state index contributed by atoms with van der Waals surface area (Å²) in [6.45, 7) is 2.23. The molecule has 2 atom stereocenters. The lowest BCUT2D eigenvalue weighted by Gasteiger charge is -2.10. The van der Waals surface area contributed by atoms with Gasteiger partial charge in [0.1, 0.15) is 17.3 Å². The predicted molar refractivity (Wildman–Crippen MR) is 95.2 cm³/mol. The van der Waals surface area contributed by atoms with Crippen LogP contribution >= 0.6 is 12.2 Å². The third-order valence-corrected chi connectivity index (χ3v) is 4.03. The van der Waals surface area contributed by atoms with Crippen molar-refractivity contribution in [3.63, 3.8) is 0 Å². The van der Waals surface area contributed by atoms with Gasteiger partial charge >= 0.3 is 0 Å². The molecule has 5 nitrogen and oxygen atoms in total. The van der Waals surface area contributed by atoms with E-state index in [0.29, 0.717) is 16.8 Å². The highest BCUT2D eigenvalue weighted by atomic mass is 32.1. The molecule has 1 aromatic heterocycles. The lowest BCUT2D eigenvalue weighted by Crippen LogP contribution is -2.24. The van der Waals surface area contributed by atoms with Crippen LogP contribution in [0.3, 0.4) is 0 Å². The second-order valence-corrected chi connectivity index (χ2v) is 5.99. The molecule has 23 heavy (non-hydrogen) atoms. The molecule has 0 saturated heterocycles. The van der Waals surface area contributed by atoms with Crippen molar-refractivity contribution in [2.75, 3.05) is 12.4 Å². The molecule has 0 amide bonds. The summed E-state index contributed by atoms with van der Waals surface area (Å²) in [4.78, 5) is 0. The number of methoxy groups -OCH3 is 1. The molecular weight excluding hydrogens is 310 g/mol. The Kier molecular flexibility index (Phi) is 4.62. The summed E-state index contributed by atoms with van der Waals surface area (Å²) in [6, 6.07) is 11.5. The maximum absolute atomic E-state index is 5.74. The second kappa shape index (κ2) is 6.83. The van der Waals surface area contributed by atoms with Crippen molar-refractivity contribution >= 4 is 29.2 Å². The quantitative estimate of drug-likeness (QED) is 0.497. The first kappa shape index (κ1) is 15.6. The number of hydrogen-bond acceptors (Lipinski definition) is 4. The van der Waals surface area contributed by atoms with Crippen molar-refractivity contribution in [1.29, 1.82) is 0 Å². The van der Waals surface area contributed by atoms with E-state index in [0.717, 1.165) is 23.1 Å². The fourth-order valence-corrected chi connectivity index (χ4v) is 2.57. The van der Waals surface area contributed by atoms with Crippen LogP contribution in [0.15, 0.2) is 45.9 Å². The van der Waals surface area contributed by atoms with Gasteiger partial charge in [-0.2, -0.15) is 5.10 Å². The van der Waals surface area contributed by atoms with Gasteiger partial charge in [-0.15, -0.1) is 0 Å². The van der Waals surface area contributed by atoms with E-state index in [1.54, 1.807) is 13.3 Å². The Balaban J connectivity index is 1.53. The van der Waals surface area contributed by atoms with E-state index >= 15 is 0 Å². The van der Waals surface area contributed by atoms with E-state index in [2.05, 4.69) is 22.8 Å². The molecule has 0 bridgehead atoms. The zero-order valence-electron chi connectivity index (χ0n) is 13.1. The lowest BCUT2D eigenvalue weighted by molar-refractivity contribution is 0.417. The largest absolute Gasteiger partial charge is 0.495 e. The van der Waals surface area contributed by atoms with Gasteiger partial charge in [-0.3, -0.25) is 5.43 Å². The minimum atomic E-state index is 0.383. The third-order valence-electron chi connectivity index (χ3n) is 3.84. The first-order chi connectivity index (χ1) is 11.2. The molecule has 1 aliphatic rings. The van der Waals surface area contributed by atoms with E-state index in [-0.39, 0.29) is 0 Å². The number of para-hydroxylation sites is 2. The van der Waals surface area contributed by atoms with E-state index in [1.165, 1.54) is 6.42 Å². The van der Waals surface area contributed by atoms with Crippen LogP contribution in [0.1, 0.15) is 30.8 Å². The van der Waals surface area contributed by atoms with Gasteiger partial charge in [-0.1, -0.05) is 19.1 Å². The van der Waals surface area contributed by atoms with E-state index in [4.69, 9.17) is 21.4 Å². The Morgan fingerprint density at radius 2 is 2.13 bits per heavy atom. The summed E-state index contributed by atoms with van der Waals surface area (Å²) in [6.07, 6.45) is 2.82. The van der Waals surface area contributed by atoms with Gasteiger partial charge in [-0.25, -0.2) is 0 Å². The zero-order valence-corrected chi connectivity index (χ0v) is 13.9. The van der Waals surface area contributed by atoms with Gasteiger partial charge in [0.05, 0.1) is 19.0 Å². The Bertz CT molecular complexity index is 726. The number of nitrogens with zero attached hydrogens (tertiary/aromatic N) is 1. The SMILES string of the molecule is COc1ccccc1NC(=S)N/N=C\c1ccc([C@@H]2C[C@H]2C)o1. The van der Waals surface area contributed by atoms with E-state index < -0.39 is 0 Å². The smallest absolute Gasteiger partial charge is 0.191 e. The van der Waals surface area contributed by atoms with Crippen molar-refractivity contribution < 1.29 is 9.15 Å². The molecule has 1 aliphatic carbocycles. The molecule has 0 unspecified atom stereocenters. The van der Waals surface area contributed by atoms with Gasteiger partial charge in [0.25, 0.3) is 0 Å². The highest BCUT2D eigenvalue weighted by Crippen LogP contribution is 2.47. The fourth-order valence-electron chi connectivity index (χ4n) is 2.41. The Hall–Kier alpha value is -2.34. The van der Waals surface area contributed by atoms with Gasteiger partial charge in [-0.05, 0) is 48.8 Å². The van der Waals surface area contributed by atoms with Crippen LogP contribution in [-0.2, 0) is 0 Å². The standard InChI is InChI=1S/C17H19N3O2S/c1-11-9-13(11)15-8-7-12(22-15)10-18-20-17(23)19-14-5-3-4-6-16(14)21-2/h3-8,10-11,13H,9H2,1-2H3,(H2,19,20,23)/b18-10-/t11-,13-/m1/s1. The first-order valence-electron chi connectivity index (χ1n) is 7.50. The molecule has 1 saturated carbocycles. The Morgan fingerprint density at radius 1 is 1.35 bits per heavy atom. The Morgan fingerprint density at radius 3 is 2.87 bits per heavy atom. The molecule has 2 aromatic rings. The van der Waals surface area contributed by atoms with Crippen LogP contribution in [0.5, 0.6) is 5.75 Å². The summed E-state index contributed by atoms with van der Waals surface area (Å²) in [5, 5.41) is 7.51. The van der Waals surface area contributed by atoms with Crippen molar-refractivity contribution in [2.24, 2.45) is 11.0 Å². The van der Waals surface area contributed by atoms with Crippen molar-refractivity contribution in [3.8, 4) is 5.75 Å². The fraction of sp³-hybridized carbons (Fsp3) is 0.294. The molecular formula is C17H19N3O2S. The molecule has 0 radical (unpaired) electrons. The van der Waals surface area contributed by atoms with Crippen LogP contribution in [0.4, 0.5) is 5.69 Å². The van der Waals surface area contributed by atoms with Crippen LogP contribution in [0, 0.1) is 5.92 Å². The van der Waals surface area contributed by atoms with Crippen molar-refractivity contribution in [1.82, 2.24) is 5.43 Å². The number of benzene rings is 1. The minimum Gasteiger partial charge on any atom is -0.495 e. The maximum atomic E-state index is 5.74. The molecule has 1 fully saturated rings. The van der Waals surface area contributed by atoms with Gasteiger partial charge in [0.15, 0.2) is 5.11 Å². The predicted octanol–water partition coefficient (Wildman–Crippen LogP) is 3.73. The monoisotopic (exact) mass is 329 g/mol. The van der Waals surface area contributed by atoms with E-state index in [1.807, 2.05) is 36.4 Å². The number of nitrogens with one attached hydrogen (secondary N) is 2. The summed E-state index contributed by atoms with van der Waals surface area (Å²) in [7, 11) is 1.62. The summed E-state index contributed by atoms with van der Waals surface area (Å²) >= 11 is 5.21. The molecule has 0 spiro atoms. The summed E-state index contributed by atoms with van der Waals surface area (Å²) < 4.78 is 11.0. The molecule has 2 N–H and O–H groups in total. The van der Waals surface area contributed by atoms with Gasteiger partial charge in [0, 0.05) is 5.92 Å². The molecule has 6 heteroatoms. The molecule has 3 rings (SSSR count). The molecule has 0 aliphatic heterocycles. The van der Waals surface area contributed by atoms with Crippen LogP contribution in [0.25, 0.3) is 0 Å².